The summed E-state index contributed by atoms with van der Waals surface area (Å²) in [6.45, 7) is 0. The maximum atomic E-state index is 10.1. The second kappa shape index (κ2) is 6.75. The van der Waals surface area contributed by atoms with Gasteiger partial charge in [-0.05, 0) is 17.7 Å². The topological polar surface area (TPSA) is 29.5 Å². The summed E-state index contributed by atoms with van der Waals surface area (Å²) in [6.07, 6.45) is -1.29. The van der Waals surface area contributed by atoms with Crippen LogP contribution in [0.4, 0.5) is 0 Å². The van der Waals surface area contributed by atoms with Gasteiger partial charge in [0, 0.05) is 12.7 Å². The van der Waals surface area contributed by atoms with Crippen molar-refractivity contribution in [3.05, 3.63) is 71.8 Å². The van der Waals surface area contributed by atoms with E-state index in [1.54, 1.807) is 7.11 Å². The number of benzene rings is 2. The fourth-order valence-electron chi connectivity index (χ4n) is 1.84. The molecular formula is C17H16O2. The van der Waals surface area contributed by atoms with Crippen LogP contribution in [0, 0.1) is 11.8 Å². The highest BCUT2D eigenvalue weighted by Crippen LogP contribution is 2.19. The Hall–Kier alpha value is -2.08. The van der Waals surface area contributed by atoms with Crippen molar-refractivity contribution in [1.82, 2.24) is 0 Å². The van der Waals surface area contributed by atoms with Crippen molar-refractivity contribution >= 4 is 0 Å². The molecule has 0 saturated carbocycles. The third-order valence-corrected chi connectivity index (χ3v) is 2.81. The molecule has 96 valence electrons. The van der Waals surface area contributed by atoms with Crippen molar-refractivity contribution in [2.75, 3.05) is 7.11 Å². The van der Waals surface area contributed by atoms with E-state index in [1.807, 2.05) is 60.7 Å². The molecule has 0 saturated heterocycles. The highest BCUT2D eigenvalue weighted by Gasteiger charge is 2.18. The normalized spacial score (nSPS) is 13.2. The Morgan fingerprint density at radius 2 is 1.53 bits per heavy atom. The van der Waals surface area contributed by atoms with Crippen LogP contribution >= 0.6 is 0 Å². The van der Waals surface area contributed by atoms with E-state index >= 15 is 0 Å². The largest absolute Gasteiger partial charge is 0.377 e. The lowest BCUT2D eigenvalue weighted by Crippen LogP contribution is -2.18. The first-order valence-corrected chi connectivity index (χ1v) is 6.13. The lowest BCUT2D eigenvalue weighted by molar-refractivity contribution is 0.0155. The Labute approximate surface area is 113 Å². The van der Waals surface area contributed by atoms with Gasteiger partial charge in [0.15, 0.2) is 0 Å². The molecule has 2 aromatic carbocycles. The molecular weight excluding hydrogens is 236 g/mol. The van der Waals surface area contributed by atoms with Gasteiger partial charge in [0.25, 0.3) is 0 Å². The fraction of sp³-hybridized carbons (Fsp3) is 0.176. The van der Waals surface area contributed by atoms with E-state index in [0.29, 0.717) is 0 Å². The first kappa shape index (κ1) is 13.4. The molecule has 0 spiro atoms. The SMILES string of the molecule is CO[C@H](c1ccccc1)[C@@H](O)C#Cc1ccccc1. The Bertz CT molecular complexity index is 552. The van der Waals surface area contributed by atoms with E-state index in [1.165, 1.54) is 0 Å². The van der Waals surface area contributed by atoms with Gasteiger partial charge in [-0.1, -0.05) is 60.4 Å². The molecule has 0 radical (unpaired) electrons. The smallest absolute Gasteiger partial charge is 0.145 e. The van der Waals surface area contributed by atoms with Crippen LogP contribution in [0.1, 0.15) is 17.2 Å². The minimum atomic E-state index is -0.854. The van der Waals surface area contributed by atoms with Gasteiger partial charge in [0.2, 0.25) is 0 Å². The molecule has 2 aromatic rings. The van der Waals surface area contributed by atoms with Gasteiger partial charge >= 0.3 is 0 Å². The van der Waals surface area contributed by atoms with Gasteiger partial charge in [-0.3, -0.25) is 0 Å². The molecule has 0 heterocycles. The quantitative estimate of drug-likeness (QED) is 0.851. The number of rotatable bonds is 3. The maximum Gasteiger partial charge on any atom is 0.145 e. The Kier molecular flexibility index (Phi) is 4.74. The predicted molar refractivity (Wildman–Crippen MR) is 75.5 cm³/mol. The summed E-state index contributed by atoms with van der Waals surface area (Å²) in [6, 6.07) is 19.2. The van der Waals surface area contributed by atoms with E-state index in [9.17, 15) is 5.11 Å². The highest BCUT2D eigenvalue weighted by atomic mass is 16.5. The molecule has 0 aromatic heterocycles. The monoisotopic (exact) mass is 252 g/mol. The summed E-state index contributed by atoms with van der Waals surface area (Å²) in [5.74, 6) is 5.78. The molecule has 0 aliphatic heterocycles. The summed E-state index contributed by atoms with van der Waals surface area (Å²) < 4.78 is 5.33. The molecule has 0 aliphatic rings. The third-order valence-electron chi connectivity index (χ3n) is 2.81. The molecule has 19 heavy (non-hydrogen) atoms. The number of methoxy groups -OCH3 is 1. The van der Waals surface area contributed by atoms with E-state index in [2.05, 4.69) is 11.8 Å². The second-order valence-electron chi connectivity index (χ2n) is 4.15. The number of ether oxygens (including phenoxy) is 1. The average Bonchev–Trinajstić information content (AvgIpc) is 2.48. The van der Waals surface area contributed by atoms with Crippen molar-refractivity contribution in [2.45, 2.75) is 12.2 Å². The minimum absolute atomic E-state index is 0.433. The third kappa shape index (κ3) is 3.69. The minimum Gasteiger partial charge on any atom is -0.377 e. The average molecular weight is 252 g/mol. The van der Waals surface area contributed by atoms with Crippen LogP contribution in [0.3, 0.4) is 0 Å². The summed E-state index contributed by atoms with van der Waals surface area (Å²) >= 11 is 0. The van der Waals surface area contributed by atoms with Crippen LogP contribution in [-0.2, 0) is 4.74 Å². The number of aliphatic hydroxyl groups excluding tert-OH is 1. The molecule has 0 fully saturated rings. The van der Waals surface area contributed by atoms with Gasteiger partial charge in [-0.25, -0.2) is 0 Å². The van der Waals surface area contributed by atoms with Gasteiger partial charge < -0.3 is 9.84 Å². The van der Waals surface area contributed by atoms with Crippen molar-refractivity contribution in [2.24, 2.45) is 0 Å². The number of hydrogen-bond acceptors (Lipinski definition) is 2. The van der Waals surface area contributed by atoms with E-state index in [-0.39, 0.29) is 0 Å². The van der Waals surface area contributed by atoms with Crippen molar-refractivity contribution < 1.29 is 9.84 Å². The molecule has 2 rings (SSSR count). The van der Waals surface area contributed by atoms with E-state index in [0.717, 1.165) is 11.1 Å². The van der Waals surface area contributed by atoms with E-state index < -0.39 is 12.2 Å². The molecule has 2 heteroatoms. The molecule has 0 unspecified atom stereocenters. The maximum absolute atomic E-state index is 10.1. The lowest BCUT2D eigenvalue weighted by Gasteiger charge is -2.17. The van der Waals surface area contributed by atoms with Gasteiger partial charge in [0.1, 0.15) is 12.2 Å². The lowest BCUT2D eigenvalue weighted by atomic mass is 10.0. The highest BCUT2D eigenvalue weighted by molar-refractivity contribution is 5.35. The molecule has 0 amide bonds. The van der Waals surface area contributed by atoms with Gasteiger partial charge in [0.05, 0.1) is 0 Å². The molecule has 0 aliphatic carbocycles. The number of hydrogen-bond donors (Lipinski definition) is 1. The van der Waals surface area contributed by atoms with Crippen molar-refractivity contribution in [3.8, 4) is 11.8 Å². The molecule has 0 bridgehead atoms. The Balaban J connectivity index is 2.15. The summed E-state index contributed by atoms with van der Waals surface area (Å²) in [5.41, 5.74) is 1.80. The predicted octanol–water partition coefficient (Wildman–Crippen LogP) is 2.79. The van der Waals surface area contributed by atoms with Gasteiger partial charge in [-0.2, -0.15) is 0 Å². The Morgan fingerprint density at radius 3 is 2.11 bits per heavy atom. The molecule has 2 atom stereocenters. The molecule has 2 nitrogen and oxygen atoms in total. The van der Waals surface area contributed by atoms with E-state index in [4.69, 9.17) is 4.74 Å². The second-order valence-corrected chi connectivity index (χ2v) is 4.15. The number of aliphatic hydroxyl groups is 1. The summed E-state index contributed by atoms with van der Waals surface area (Å²) in [5, 5.41) is 10.1. The van der Waals surface area contributed by atoms with Crippen LogP contribution in [0.2, 0.25) is 0 Å². The molecule has 1 N–H and O–H groups in total. The van der Waals surface area contributed by atoms with Crippen LogP contribution in [0.15, 0.2) is 60.7 Å². The fourth-order valence-corrected chi connectivity index (χ4v) is 1.84. The summed E-state index contributed by atoms with van der Waals surface area (Å²) in [4.78, 5) is 0. The standard InChI is InChI=1S/C17H16O2/c1-19-17(15-10-6-3-7-11-15)16(18)13-12-14-8-4-2-5-9-14/h2-11,16-18H,1H3/t16-,17+/m0/s1. The van der Waals surface area contributed by atoms with Crippen molar-refractivity contribution in [1.29, 1.82) is 0 Å². The zero-order chi connectivity index (χ0) is 13.5. The first-order valence-electron chi connectivity index (χ1n) is 6.13. The zero-order valence-electron chi connectivity index (χ0n) is 10.8. The van der Waals surface area contributed by atoms with Crippen LogP contribution in [0.25, 0.3) is 0 Å². The van der Waals surface area contributed by atoms with Crippen LogP contribution in [-0.4, -0.2) is 18.3 Å². The van der Waals surface area contributed by atoms with Crippen LogP contribution < -0.4 is 0 Å². The van der Waals surface area contributed by atoms with Gasteiger partial charge in [-0.15, -0.1) is 0 Å². The zero-order valence-corrected chi connectivity index (χ0v) is 10.8. The Morgan fingerprint density at radius 1 is 0.947 bits per heavy atom. The van der Waals surface area contributed by atoms with Crippen LogP contribution in [0.5, 0.6) is 0 Å². The van der Waals surface area contributed by atoms with Crippen molar-refractivity contribution in [3.63, 3.8) is 0 Å². The summed E-state index contributed by atoms with van der Waals surface area (Å²) in [7, 11) is 1.57. The first-order chi connectivity index (χ1) is 9.31.